The van der Waals surface area contributed by atoms with E-state index in [4.69, 9.17) is 23.8 Å². The Morgan fingerprint density at radius 2 is 1.03 bits per heavy atom. The van der Waals surface area contributed by atoms with Gasteiger partial charge in [-0.3, -0.25) is 18.6 Å². The molecule has 0 aromatic carbocycles. The predicted molar refractivity (Wildman–Crippen MR) is 241 cm³/mol. The van der Waals surface area contributed by atoms with Gasteiger partial charge in [0.05, 0.1) is 32.0 Å². The van der Waals surface area contributed by atoms with Gasteiger partial charge in [-0.25, -0.2) is 4.57 Å². The van der Waals surface area contributed by atoms with E-state index < -0.39 is 51.8 Å². The maximum absolute atomic E-state index is 12.6. The van der Waals surface area contributed by atoms with E-state index in [9.17, 15) is 24.2 Å². The number of rotatable bonds is 40. The minimum absolute atomic E-state index is 0.0879. The first-order valence-corrected chi connectivity index (χ1v) is 24.2. The number of carbonyl (C=O) groups is 2. The number of unbranched alkanes of at least 4 members (excludes halogenated alkanes) is 10. The van der Waals surface area contributed by atoms with Crippen molar-refractivity contribution in [1.29, 1.82) is 0 Å². The molecule has 5 atom stereocenters. The fourth-order valence-electron chi connectivity index (χ4n) is 5.77. The van der Waals surface area contributed by atoms with Crippen LogP contribution in [-0.4, -0.2) is 77.9 Å². The number of aliphatic hydroxyl groups excluding tert-OH is 2. The van der Waals surface area contributed by atoms with Crippen molar-refractivity contribution in [3.05, 3.63) is 85.1 Å². The fourth-order valence-corrected chi connectivity index (χ4v) is 6.56. The Kier molecular flexibility index (Phi) is 35.8. The summed E-state index contributed by atoms with van der Waals surface area (Å²) in [7, 11) is -4.65. The van der Waals surface area contributed by atoms with Gasteiger partial charge in [-0.05, 0) is 96.3 Å². The Labute approximate surface area is 362 Å². The number of ether oxygens (including phenoxy) is 3. The second-order valence-electron chi connectivity index (χ2n) is 15.1. The summed E-state index contributed by atoms with van der Waals surface area (Å²) in [5.74, 6) is -1.04. The molecular weight excluding hydrogens is 783 g/mol. The molecule has 12 heteroatoms. The van der Waals surface area contributed by atoms with Crippen LogP contribution in [0.2, 0.25) is 0 Å². The van der Waals surface area contributed by atoms with E-state index in [1.165, 1.54) is 44.9 Å². The summed E-state index contributed by atoms with van der Waals surface area (Å²) in [4.78, 5) is 35.1. The number of carbonyl (C=O) groups excluding carboxylic acids is 2. The van der Waals surface area contributed by atoms with Crippen LogP contribution >= 0.6 is 7.82 Å². The van der Waals surface area contributed by atoms with E-state index in [1.807, 2.05) is 6.08 Å². The molecule has 0 saturated carbocycles. The standard InChI is InChI=1S/C48H79O11P/c1-3-5-7-9-11-13-14-15-16-17-18-19-20-21-22-24-26-28-33-37-47(51)55-41-44(42-57-60(53,54)56-40-43(50)39-49)58-48(52)38-34-30-29-32-36-46-45(59-46)35-31-27-25-23-12-10-8-6-4-2/h11-13,15-16,18-19,21-23,27,29,31-32,43-46,49-50H,3-10,14,17,20,24-26,28,30,33-42H2,1-2H3,(H,53,54)/b13-11-,16-15-,19-18-,22-21-,23-12-,31-27-,32-29-/t43-,44+,45?,46?/m0/s1. The van der Waals surface area contributed by atoms with E-state index in [0.717, 1.165) is 64.2 Å². The highest BCUT2D eigenvalue weighted by molar-refractivity contribution is 7.47. The van der Waals surface area contributed by atoms with Crippen LogP contribution in [0.3, 0.4) is 0 Å². The molecule has 1 saturated heterocycles. The zero-order chi connectivity index (χ0) is 43.8. The van der Waals surface area contributed by atoms with Crippen LogP contribution in [0.4, 0.5) is 0 Å². The first-order chi connectivity index (χ1) is 29.2. The minimum Gasteiger partial charge on any atom is -0.462 e. The third-order valence-electron chi connectivity index (χ3n) is 9.42. The van der Waals surface area contributed by atoms with Crippen LogP contribution in [0, 0.1) is 0 Å². The molecule has 342 valence electrons. The number of hydrogen-bond acceptors (Lipinski definition) is 10. The van der Waals surface area contributed by atoms with Gasteiger partial charge in [0.15, 0.2) is 6.10 Å². The molecule has 0 amide bonds. The summed E-state index contributed by atoms with van der Waals surface area (Å²) in [6.07, 6.45) is 48.6. The van der Waals surface area contributed by atoms with Gasteiger partial charge in [0.1, 0.15) is 12.7 Å². The molecule has 0 aliphatic carbocycles. The van der Waals surface area contributed by atoms with Crippen molar-refractivity contribution in [1.82, 2.24) is 0 Å². The van der Waals surface area contributed by atoms with Gasteiger partial charge < -0.3 is 29.3 Å². The SMILES string of the molecule is CCCCC/C=C\C/C=C\C/C=C\C/C=C\CCCCCC(=O)OC[C@H](COP(=O)(O)OC[C@@H](O)CO)OC(=O)CCC/C=C\CC1OC1C/C=C\C/C=C\CCCCC. The Morgan fingerprint density at radius 3 is 1.58 bits per heavy atom. The molecule has 0 radical (unpaired) electrons. The van der Waals surface area contributed by atoms with Crippen LogP contribution in [0.25, 0.3) is 0 Å². The van der Waals surface area contributed by atoms with Gasteiger partial charge in [0, 0.05) is 12.8 Å². The number of allylic oxidation sites excluding steroid dienone is 12. The zero-order valence-corrected chi connectivity index (χ0v) is 37.7. The molecule has 0 bridgehead atoms. The van der Waals surface area contributed by atoms with E-state index in [2.05, 4.69) is 97.4 Å². The van der Waals surface area contributed by atoms with Crippen molar-refractivity contribution in [2.75, 3.05) is 26.4 Å². The van der Waals surface area contributed by atoms with E-state index >= 15 is 0 Å². The monoisotopic (exact) mass is 863 g/mol. The van der Waals surface area contributed by atoms with Crippen LogP contribution < -0.4 is 0 Å². The summed E-state index contributed by atoms with van der Waals surface area (Å²) < 4.78 is 38.4. The molecule has 3 unspecified atom stereocenters. The Hall–Kier alpha value is -2.89. The number of hydrogen-bond donors (Lipinski definition) is 3. The number of esters is 2. The zero-order valence-electron chi connectivity index (χ0n) is 36.8. The lowest BCUT2D eigenvalue weighted by Gasteiger charge is -2.20. The van der Waals surface area contributed by atoms with E-state index in [1.54, 1.807) is 0 Å². The highest BCUT2D eigenvalue weighted by Gasteiger charge is 2.36. The molecule has 0 aromatic rings. The largest absolute Gasteiger partial charge is 0.472 e. The molecule has 60 heavy (non-hydrogen) atoms. The summed E-state index contributed by atoms with van der Waals surface area (Å²) in [6, 6.07) is 0. The molecule has 1 heterocycles. The molecule has 0 aromatic heterocycles. The molecule has 1 fully saturated rings. The number of phosphoric ester groups is 1. The first-order valence-electron chi connectivity index (χ1n) is 22.7. The number of aliphatic hydroxyl groups is 2. The lowest BCUT2D eigenvalue weighted by atomic mass is 10.1. The second-order valence-corrected chi connectivity index (χ2v) is 16.6. The van der Waals surface area contributed by atoms with E-state index in [-0.39, 0.29) is 31.7 Å². The van der Waals surface area contributed by atoms with Crippen LogP contribution in [0.5, 0.6) is 0 Å². The van der Waals surface area contributed by atoms with Crippen molar-refractivity contribution in [2.45, 2.75) is 180 Å². The average molecular weight is 863 g/mol. The summed E-state index contributed by atoms with van der Waals surface area (Å²) in [5, 5.41) is 18.4. The van der Waals surface area contributed by atoms with Crippen LogP contribution in [-0.2, 0) is 37.4 Å². The highest BCUT2D eigenvalue weighted by Crippen LogP contribution is 2.43. The van der Waals surface area contributed by atoms with Gasteiger partial charge in [0.25, 0.3) is 0 Å². The van der Waals surface area contributed by atoms with Gasteiger partial charge in [-0.15, -0.1) is 0 Å². The highest BCUT2D eigenvalue weighted by atomic mass is 31.2. The normalized spacial score (nSPS) is 17.9. The fraction of sp³-hybridized carbons (Fsp3) is 0.667. The molecule has 1 aliphatic heterocycles. The maximum Gasteiger partial charge on any atom is 0.472 e. The molecule has 3 N–H and O–H groups in total. The van der Waals surface area contributed by atoms with Crippen LogP contribution in [0.1, 0.15) is 155 Å². The van der Waals surface area contributed by atoms with Gasteiger partial charge in [-0.2, -0.15) is 0 Å². The first kappa shape index (κ1) is 55.1. The molecule has 1 aliphatic rings. The van der Waals surface area contributed by atoms with Gasteiger partial charge in [0.2, 0.25) is 0 Å². The summed E-state index contributed by atoms with van der Waals surface area (Å²) in [5.41, 5.74) is 0. The smallest absolute Gasteiger partial charge is 0.462 e. The molecule has 1 rings (SSSR count). The van der Waals surface area contributed by atoms with Gasteiger partial charge in [-0.1, -0.05) is 131 Å². The predicted octanol–water partition coefficient (Wildman–Crippen LogP) is 11.2. The Bertz CT molecular complexity index is 1340. The van der Waals surface area contributed by atoms with Crippen LogP contribution in [0.15, 0.2) is 85.1 Å². The second kappa shape index (κ2) is 39.0. The lowest BCUT2D eigenvalue weighted by Crippen LogP contribution is -2.29. The van der Waals surface area contributed by atoms with Crippen molar-refractivity contribution in [2.24, 2.45) is 0 Å². The molecule has 0 spiro atoms. The quantitative estimate of drug-likeness (QED) is 0.0177. The van der Waals surface area contributed by atoms with Crippen molar-refractivity contribution in [3.63, 3.8) is 0 Å². The maximum atomic E-state index is 12.6. The van der Waals surface area contributed by atoms with Crippen molar-refractivity contribution in [3.8, 4) is 0 Å². The number of epoxide rings is 1. The molecule has 11 nitrogen and oxygen atoms in total. The molecular formula is C48H79O11P. The topological polar surface area (TPSA) is 161 Å². The van der Waals surface area contributed by atoms with Gasteiger partial charge >= 0.3 is 19.8 Å². The summed E-state index contributed by atoms with van der Waals surface area (Å²) >= 11 is 0. The van der Waals surface area contributed by atoms with E-state index in [0.29, 0.717) is 19.3 Å². The Balaban J connectivity index is 2.32. The number of phosphoric acid groups is 1. The summed E-state index contributed by atoms with van der Waals surface area (Å²) in [6.45, 7) is 2.19. The van der Waals surface area contributed by atoms with Crippen molar-refractivity contribution >= 4 is 19.8 Å². The minimum atomic E-state index is -4.65. The Morgan fingerprint density at radius 1 is 0.583 bits per heavy atom. The van der Waals surface area contributed by atoms with Crippen molar-refractivity contribution < 1.29 is 52.5 Å². The third kappa shape index (κ3) is 35.8. The third-order valence-corrected chi connectivity index (χ3v) is 10.4. The average Bonchev–Trinajstić information content (AvgIpc) is 4.00. The lowest BCUT2D eigenvalue weighted by molar-refractivity contribution is -0.161.